The minimum atomic E-state index is -3.65. The summed E-state index contributed by atoms with van der Waals surface area (Å²) in [6.07, 6.45) is 3.24. The van der Waals surface area contributed by atoms with Crippen LogP contribution >= 0.6 is 11.3 Å². The van der Waals surface area contributed by atoms with Gasteiger partial charge in [0.05, 0.1) is 0 Å². The number of carbonyl (C=O) groups is 1. The molecule has 0 bridgehead atoms. The number of hydrogen-bond acceptors (Lipinski definition) is 7. The van der Waals surface area contributed by atoms with Gasteiger partial charge in [-0.2, -0.15) is 4.31 Å². The molecule has 2 heterocycles. The maximum absolute atomic E-state index is 12.6. The number of nitrogens with two attached hydrogens (primary N) is 1. The average Bonchev–Trinajstić information content (AvgIpc) is 3.04. The van der Waals surface area contributed by atoms with Crippen molar-refractivity contribution in [2.24, 2.45) is 5.73 Å². The third kappa shape index (κ3) is 3.76. The van der Waals surface area contributed by atoms with Crippen molar-refractivity contribution >= 4 is 32.4 Å². The molecule has 0 aliphatic carbocycles. The first-order valence-electron chi connectivity index (χ1n) is 6.78. The molecule has 1 amide bonds. The molecule has 1 aromatic rings. The van der Waals surface area contributed by atoms with Gasteiger partial charge in [0.25, 0.3) is 10.0 Å². The van der Waals surface area contributed by atoms with Crippen molar-refractivity contribution < 1.29 is 13.2 Å². The number of rotatable bonds is 6. The molecule has 0 radical (unpaired) electrons. The topological polar surface area (TPSA) is 118 Å². The molecule has 1 unspecified atom stereocenters. The van der Waals surface area contributed by atoms with Crippen molar-refractivity contribution in [3.05, 3.63) is 0 Å². The maximum Gasteiger partial charge on any atom is 0.272 e. The third-order valence-corrected chi connectivity index (χ3v) is 6.42. The first-order valence-corrected chi connectivity index (χ1v) is 9.04. The van der Waals surface area contributed by atoms with Crippen molar-refractivity contribution in [3.8, 4) is 0 Å². The van der Waals surface area contributed by atoms with Gasteiger partial charge in [0.2, 0.25) is 15.4 Å². The third-order valence-electron chi connectivity index (χ3n) is 3.28. The molecule has 2 rings (SSSR count). The van der Waals surface area contributed by atoms with Gasteiger partial charge in [-0.15, -0.1) is 10.2 Å². The molecule has 8 nitrogen and oxygen atoms in total. The second kappa shape index (κ2) is 6.77. The zero-order valence-electron chi connectivity index (χ0n) is 11.8. The molecule has 0 saturated carbocycles. The first kappa shape index (κ1) is 16.3. The molecule has 1 aromatic heterocycles. The molecule has 1 saturated heterocycles. The number of aromatic nitrogens is 2. The van der Waals surface area contributed by atoms with Gasteiger partial charge >= 0.3 is 0 Å². The number of anilines is 1. The van der Waals surface area contributed by atoms with Gasteiger partial charge in [-0.3, -0.25) is 4.79 Å². The Balaban J connectivity index is 2.16. The van der Waals surface area contributed by atoms with Crippen LogP contribution in [0.15, 0.2) is 4.34 Å². The molecule has 10 heteroatoms. The summed E-state index contributed by atoms with van der Waals surface area (Å²) in [5.41, 5.74) is 5.49. The van der Waals surface area contributed by atoms with Gasteiger partial charge in [-0.05, 0) is 32.2 Å². The van der Waals surface area contributed by atoms with Crippen LogP contribution in [0.3, 0.4) is 0 Å². The summed E-state index contributed by atoms with van der Waals surface area (Å²) in [6.45, 7) is 2.38. The summed E-state index contributed by atoms with van der Waals surface area (Å²) in [5.74, 6) is -0.308. The SMILES string of the molecule is CC(=O)Nc1nnc(S(=O)(=O)N2CCCC2CCCN)s1. The van der Waals surface area contributed by atoms with Crippen LogP contribution in [0.5, 0.6) is 0 Å². The second-order valence-corrected chi connectivity index (χ2v) is 7.94. The van der Waals surface area contributed by atoms with E-state index in [2.05, 4.69) is 15.5 Å². The van der Waals surface area contributed by atoms with E-state index in [4.69, 9.17) is 5.73 Å². The standard InChI is InChI=1S/C11H19N5O3S2/c1-8(17)13-10-14-15-11(20-10)21(18,19)16-7-3-5-9(16)4-2-6-12/h9H,2-7,12H2,1H3,(H,13,14,17). The summed E-state index contributed by atoms with van der Waals surface area (Å²) < 4.78 is 26.6. The second-order valence-electron chi connectivity index (χ2n) is 4.90. The van der Waals surface area contributed by atoms with E-state index in [9.17, 15) is 13.2 Å². The molecule has 3 N–H and O–H groups in total. The first-order chi connectivity index (χ1) is 9.95. The highest BCUT2D eigenvalue weighted by atomic mass is 32.2. The Labute approximate surface area is 127 Å². The van der Waals surface area contributed by atoms with Gasteiger partial charge in [0.1, 0.15) is 0 Å². The van der Waals surface area contributed by atoms with Crippen LogP contribution in [0.2, 0.25) is 0 Å². The van der Waals surface area contributed by atoms with Crippen LogP contribution in [0.4, 0.5) is 5.13 Å². The van der Waals surface area contributed by atoms with Gasteiger partial charge in [-0.1, -0.05) is 11.3 Å². The summed E-state index contributed by atoms with van der Waals surface area (Å²) >= 11 is 0.872. The summed E-state index contributed by atoms with van der Waals surface area (Å²) in [5, 5.41) is 10.0. The summed E-state index contributed by atoms with van der Waals surface area (Å²) in [7, 11) is -3.65. The lowest BCUT2D eigenvalue weighted by Crippen LogP contribution is -2.35. The zero-order valence-corrected chi connectivity index (χ0v) is 13.4. The fourth-order valence-electron chi connectivity index (χ4n) is 2.38. The van der Waals surface area contributed by atoms with Gasteiger partial charge in [0.15, 0.2) is 0 Å². The summed E-state index contributed by atoms with van der Waals surface area (Å²) in [6, 6.07) is -0.0216. The van der Waals surface area contributed by atoms with Crippen LogP contribution in [0, 0.1) is 0 Å². The van der Waals surface area contributed by atoms with E-state index in [1.54, 1.807) is 0 Å². The van der Waals surface area contributed by atoms with E-state index in [-0.39, 0.29) is 21.4 Å². The number of hydrogen-bond donors (Lipinski definition) is 2. The normalized spacial score (nSPS) is 19.8. The van der Waals surface area contributed by atoms with Crippen molar-refractivity contribution in [1.29, 1.82) is 0 Å². The minimum absolute atomic E-state index is 0.0216. The highest BCUT2D eigenvalue weighted by molar-refractivity contribution is 7.91. The fraction of sp³-hybridized carbons (Fsp3) is 0.727. The smallest absolute Gasteiger partial charge is 0.272 e. The van der Waals surface area contributed by atoms with E-state index in [1.807, 2.05) is 0 Å². The minimum Gasteiger partial charge on any atom is -0.330 e. The van der Waals surface area contributed by atoms with Gasteiger partial charge < -0.3 is 11.1 Å². The molecule has 0 aromatic carbocycles. The Hall–Kier alpha value is -1.10. The lowest BCUT2D eigenvalue weighted by molar-refractivity contribution is -0.114. The molecule has 21 heavy (non-hydrogen) atoms. The summed E-state index contributed by atoms with van der Waals surface area (Å²) in [4.78, 5) is 11.0. The van der Waals surface area contributed by atoms with E-state index >= 15 is 0 Å². The van der Waals surface area contributed by atoms with Gasteiger partial charge in [0, 0.05) is 19.5 Å². The zero-order chi connectivity index (χ0) is 15.5. The Bertz CT molecular complexity index is 601. The van der Waals surface area contributed by atoms with Crippen LogP contribution in [0.25, 0.3) is 0 Å². The lowest BCUT2D eigenvalue weighted by Gasteiger charge is -2.22. The van der Waals surface area contributed by atoms with E-state index in [0.717, 1.165) is 37.0 Å². The van der Waals surface area contributed by atoms with E-state index < -0.39 is 10.0 Å². The number of amides is 1. The number of carbonyl (C=O) groups excluding carboxylic acids is 1. The van der Waals surface area contributed by atoms with Crippen molar-refractivity contribution in [2.75, 3.05) is 18.4 Å². The van der Waals surface area contributed by atoms with Crippen molar-refractivity contribution in [1.82, 2.24) is 14.5 Å². The molecular formula is C11H19N5O3S2. The molecule has 1 fully saturated rings. The van der Waals surface area contributed by atoms with E-state index in [0.29, 0.717) is 13.1 Å². The molecule has 118 valence electrons. The van der Waals surface area contributed by atoms with Crippen LogP contribution in [0.1, 0.15) is 32.6 Å². The Morgan fingerprint density at radius 3 is 2.95 bits per heavy atom. The Morgan fingerprint density at radius 2 is 2.29 bits per heavy atom. The van der Waals surface area contributed by atoms with Crippen LogP contribution < -0.4 is 11.1 Å². The highest BCUT2D eigenvalue weighted by Crippen LogP contribution is 2.30. The monoisotopic (exact) mass is 333 g/mol. The molecule has 1 aliphatic rings. The largest absolute Gasteiger partial charge is 0.330 e. The van der Waals surface area contributed by atoms with Gasteiger partial charge in [-0.25, -0.2) is 8.42 Å². The van der Waals surface area contributed by atoms with E-state index in [1.165, 1.54) is 11.2 Å². The number of nitrogens with zero attached hydrogens (tertiary/aromatic N) is 3. The molecule has 1 aliphatic heterocycles. The van der Waals surface area contributed by atoms with Crippen LogP contribution in [-0.4, -0.2) is 48.0 Å². The maximum atomic E-state index is 12.6. The Kier molecular flexibility index (Phi) is 5.25. The molecule has 0 spiro atoms. The average molecular weight is 333 g/mol. The molecular weight excluding hydrogens is 314 g/mol. The van der Waals surface area contributed by atoms with Crippen molar-refractivity contribution in [3.63, 3.8) is 0 Å². The predicted molar refractivity (Wildman–Crippen MR) is 79.4 cm³/mol. The quantitative estimate of drug-likeness (QED) is 0.727. The lowest BCUT2D eigenvalue weighted by atomic mass is 10.1. The number of sulfonamides is 1. The number of nitrogens with one attached hydrogen (secondary N) is 1. The fourth-order valence-corrected chi connectivity index (χ4v) is 5.17. The highest BCUT2D eigenvalue weighted by Gasteiger charge is 2.37. The predicted octanol–water partition coefficient (Wildman–Crippen LogP) is 0.388. The molecule has 1 atom stereocenters. The Morgan fingerprint density at radius 1 is 1.52 bits per heavy atom. The van der Waals surface area contributed by atoms with Crippen molar-refractivity contribution in [2.45, 2.75) is 43.0 Å². The van der Waals surface area contributed by atoms with Crippen LogP contribution in [-0.2, 0) is 14.8 Å².